The number of carbonyl (C=O) groups excluding carboxylic acids is 2. The Morgan fingerprint density at radius 3 is 2.36 bits per heavy atom. The Balaban J connectivity index is 0.00000242. The topological polar surface area (TPSA) is 69.9 Å². The zero-order valence-electron chi connectivity index (χ0n) is 13.7. The van der Waals surface area contributed by atoms with Gasteiger partial charge in [-0.2, -0.15) is 0 Å². The predicted molar refractivity (Wildman–Crippen MR) is 89.0 cm³/mol. The fourth-order valence-electron chi connectivity index (χ4n) is 3.12. The van der Waals surface area contributed by atoms with Crippen molar-refractivity contribution in [2.24, 2.45) is 11.7 Å². The van der Waals surface area contributed by atoms with Gasteiger partial charge in [0, 0.05) is 45.8 Å². The van der Waals surface area contributed by atoms with E-state index in [0.29, 0.717) is 13.1 Å². The van der Waals surface area contributed by atoms with Crippen molar-refractivity contribution in [1.82, 2.24) is 14.7 Å². The van der Waals surface area contributed by atoms with Crippen LogP contribution < -0.4 is 5.73 Å². The van der Waals surface area contributed by atoms with Gasteiger partial charge in [-0.3, -0.25) is 4.79 Å². The highest BCUT2D eigenvalue weighted by molar-refractivity contribution is 5.85. The van der Waals surface area contributed by atoms with E-state index >= 15 is 0 Å². The van der Waals surface area contributed by atoms with Crippen LogP contribution in [0, 0.1) is 5.92 Å². The molecule has 0 radical (unpaired) electrons. The first-order valence-electron chi connectivity index (χ1n) is 8.05. The molecule has 2 atom stereocenters. The summed E-state index contributed by atoms with van der Waals surface area (Å²) in [5, 5.41) is 0. The zero-order chi connectivity index (χ0) is 15.4. The molecule has 2 rings (SSSR count). The van der Waals surface area contributed by atoms with Crippen molar-refractivity contribution in [3.63, 3.8) is 0 Å². The number of rotatable bonds is 3. The van der Waals surface area contributed by atoms with Crippen molar-refractivity contribution in [2.45, 2.75) is 38.6 Å². The number of urea groups is 1. The van der Waals surface area contributed by atoms with Gasteiger partial charge >= 0.3 is 6.03 Å². The molecule has 0 spiro atoms. The number of likely N-dealkylation sites (N-methyl/N-ethyl adjacent to an activating group) is 1. The van der Waals surface area contributed by atoms with Crippen molar-refractivity contribution < 1.29 is 9.59 Å². The van der Waals surface area contributed by atoms with Gasteiger partial charge in [-0.05, 0) is 32.6 Å². The first kappa shape index (κ1) is 19.0. The van der Waals surface area contributed by atoms with E-state index in [2.05, 4.69) is 0 Å². The number of nitrogens with two attached hydrogens (primary N) is 1. The molecule has 0 aromatic rings. The number of halogens is 1. The van der Waals surface area contributed by atoms with E-state index in [1.165, 1.54) is 0 Å². The Labute approximate surface area is 139 Å². The van der Waals surface area contributed by atoms with E-state index in [4.69, 9.17) is 5.73 Å². The number of hydrogen-bond donors (Lipinski definition) is 1. The fourth-order valence-corrected chi connectivity index (χ4v) is 3.12. The smallest absolute Gasteiger partial charge is 0.320 e. The van der Waals surface area contributed by atoms with Gasteiger partial charge < -0.3 is 20.4 Å². The molecule has 0 aromatic carbocycles. The summed E-state index contributed by atoms with van der Waals surface area (Å²) in [7, 11) is 1.81. The van der Waals surface area contributed by atoms with Crippen LogP contribution in [-0.2, 0) is 4.79 Å². The molecular formula is C15H29ClN4O2. The van der Waals surface area contributed by atoms with Crippen LogP contribution in [-0.4, -0.2) is 72.5 Å². The van der Waals surface area contributed by atoms with Crippen molar-refractivity contribution in [1.29, 1.82) is 0 Å². The Bertz CT molecular complexity index is 388. The van der Waals surface area contributed by atoms with Crippen LogP contribution in [0.5, 0.6) is 0 Å². The molecule has 7 heteroatoms. The van der Waals surface area contributed by atoms with E-state index < -0.39 is 0 Å². The van der Waals surface area contributed by atoms with E-state index in [0.717, 1.165) is 45.3 Å². The van der Waals surface area contributed by atoms with Gasteiger partial charge in [-0.15, -0.1) is 12.4 Å². The van der Waals surface area contributed by atoms with Gasteiger partial charge in [0.05, 0.1) is 5.92 Å². The molecule has 0 bridgehead atoms. The lowest BCUT2D eigenvalue weighted by Gasteiger charge is -2.37. The van der Waals surface area contributed by atoms with Crippen molar-refractivity contribution >= 4 is 24.3 Å². The lowest BCUT2D eigenvalue weighted by Crippen LogP contribution is -2.51. The first-order valence-corrected chi connectivity index (χ1v) is 8.05. The molecule has 3 amide bonds. The van der Waals surface area contributed by atoms with Crippen LogP contribution in [0.4, 0.5) is 4.79 Å². The summed E-state index contributed by atoms with van der Waals surface area (Å²) in [5.41, 5.74) is 5.63. The minimum absolute atomic E-state index is 0. The summed E-state index contributed by atoms with van der Waals surface area (Å²) in [6, 6.07) is 0.154. The normalized spacial score (nSPS) is 23.0. The summed E-state index contributed by atoms with van der Waals surface area (Å²) in [4.78, 5) is 30.4. The quantitative estimate of drug-likeness (QED) is 0.842. The number of amides is 3. The molecular weight excluding hydrogens is 304 g/mol. The number of carbonyl (C=O) groups is 2. The monoisotopic (exact) mass is 332 g/mol. The lowest BCUT2D eigenvalue weighted by molar-refractivity contribution is -0.137. The molecule has 2 unspecified atom stereocenters. The largest absolute Gasteiger partial charge is 0.341 e. The van der Waals surface area contributed by atoms with E-state index in [9.17, 15) is 9.59 Å². The minimum atomic E-state index is -0.0793. The fraction of sp³-hybridized carbons (Fsp3) is 0.867. The molecule has 22 heavy (non-hydrogen) atoms. The van der Waals surface area contributed by atoms with Crippen molar-refractivity contribution in [2.75, 3.05) is 39.8 Å². The average Bonchev–Trinajstić information content (AvgIpc) is 3.06. The molecule has 0 saturated carbocycles. The number of hydrogen-bond acceptors (Lipinski definition) is 3. The molecule has 2 N–H and O–H groups in total. The second-order valence-corrected chi connectivity index (χ2v) is 6.30. The summed E-state index contributed by atoms with van der Waals surface area (Å²) in [6.07, 6.45) is 3.96. The van der Waals surface area contributed by atoms with Gasteiger partial charge in [0.15, 0.2) is 0 Å². The van der Waals surface area contributed by atoms with E-state index in [-0.39, 0.29) is 36.3 Å². The van der Waals surface area contributed by atoms with Gasteiger partial charge in [0.1, 0.15) is 0 Å². The third-order valence-electron chi connectivity index (χ3n) is 4.77. The third-order valence-corrected chi connectivity index (χ3v) is 4.77. The molecule has 2 heterocycles. The van der Waals surface area contributed by atoms with Crippen LogP contribution in [0.25, 0.3) is 0 Å². The highest BCUT2D eigenvalue weighted by Gasteiger charge is 2.33. The second-order valence-electron chi connectivity index (χ2n) is 6.30. The molecule has 2 aliphatic heterocycles. The SMILES string of the molecule is CC(CN)N(C)C(=O)C1CCCN(C(=O)N2CCCC2)C1.Cl. The van der Waals surface area contributed by atoms with E-state index in [1.54, 1.807) is 11.9 Å². The van der Waals surface area contributed by atoms with Crippen LogP contribution in [0.3, 0.4) is 0 Å². The van der Waals surface area contributed by atoms with Gasteiger partial charge in [0.2, 0.25) is 5.91 Å². The zero-order valence-corrected chi connectivity index (χ0v) is 14.5. The summed E-state index contributed by atoms with van der Waals surface area (Å²) < 4.78 is 0. The second kappa shape index (κ2) is 8.58. The Kier molecular flexibility index (Phi) is 7.42. The molecule has 2 fully saturated rings. The molecule has 0 aromatic heterocycles. The summed E-state index contributed by atoms with van der Waals surface area (Å²) in [5.74, 6) is 0.0381. The van der Waals surface area contributed by atoms with Crippen molar-refractivity contribution in [3.05, 3.63) is 0 Å². The minimum Gasteiger partial charge on any atom is -0.341 e. The Morgan fingerprint density at radius 1 is 1.18 bits per heavy atom. The third kappa shape index (κ3) is 4.26. The van der Waals surface area contributed by atoms with Crippen molar-refractivity contribution in [3.8, 4) is 0 Å². The highest BCUT2D eigenvalue weighted by Crippen LogP contribution is 2.21. The van der Waals surface area contributed by atoms with Crippen LogP contribution in [0.2, 0.25) is 0 Å². The molecule has 128 valence electrons. The molecule has 2 saturated heterocycles. The summed E-state index contributed by atoms with van der Waals surface area (Å²) in [6.45, 7) is 5.46. The maximum Gasteiger partial charge on any atom is 0.320 e. The number of likely N-dealkylation sites (tertiary alicyclic amines) is 2. The molecule has 6 nitrogen and oxygen atoms in total. The predicted octanol–water partition coefficient (Wildman–Crippen LogP) is 1.14. The highest BCUT2D eigenvalue weighted by atomic mass is 35.5. The lowest BCUT2D eigenvalue weighted by atomic mass is 9.96. The van der Waals surface area contributed by atoms with Gasteiger partial charge in [-0.25, -0.2) is 4.79 Å². The van der Waals surface area contributed by atoms with E-state index in [1.807, 2.05) is 16.7 Å². The molecule has 0 aliphatic carbocycles. The Morgan fingerprint density at radius 2 is 1.77 bits per heavy atom. The Hall–Kier alpha value is -1.01. The van der Waals surface area contributed by atoms with Gasteiger partial charge in [0.25, 0.3) is 0 Å². The maximum atomic E-state index is 12.5. The van der Waals surface area contributed by atoms with Gasteiger partial charge in [-0.1, -0.05) is 0 Å². The van der Waals surface area contributed by atoms with Crippen LogP contribution >= 0.6 is 12.4 Å². The first-order chi connectivity index (χ1) is 10.0. The van der Waals surface area contributed by atoms with Crippen LogP contribution in [0.15, 0.2) is 0 Å². The molecule has 2 aliphatic rings. The average molecular weight is 333 g/mol. The number of piperidine rings is 1. The van der Waals surface area contributed by atoms with Crippen LogP contribution in [0.1, 0.15) is 32.6 Å². The standard InChI is InChI=1S/C15H28N4O2.ClH/c1-12(10-16)17(2)14(20)13-6-5-9-19(11-13)15(21)18-7-3-4-8-18;/h12-13H,3-11,16H2,1-2H3;1H. The maximum absolute atomic E-state index is 12.5. The number of nitrogens with zero attached hydrogens (tertiary/aromatic N) is 3. The summed E-state index contributed by atoms with van der Waals surface area (Å²) >= 11 is 0.